The molecule has 3 nitrogen and oxygen atoms in total. The van der Waals surface area contributed by atoms with Crippen molar-refractivity contribution in [2.75, 3.05) is 12.9 Å². The van der Waals surface area contributed by atoms with Gasteiger partial charge in [0.1, 0.15) is 5.75 Å². The Labute approximate surface area is 119 Å². The third kappa shape index (κ3) is 4.78. The van der Waals surface area contributed by atoms with Crippen LogP contribution >= 0.6 is 11.8 Å². The minimum absolute atomic E-state index is 0.146. The van der Waals surface area contributed by atoms with Crippen molar-refractivity contribution >= 4 is 17.7 Å². The number of nitrogens with one attached hydrogen (secondary N) is 1. The zero-order chi connectivity index (χ0) is 13.5. The van der Waals surface area contributed by atoms with Crippen LogP contribution in [0, 0.1) is 0 Å². The van der Waals surface area contributed by atoms with Crippen LogP contribution in [0.1, 0.15) is 32.1 Å². The first-order chi connectivity index (χ1) is 9.28. The molecule has 2 rings (SSSR count). The fourth-order valence-electron chi connectivity index (χ4n) is 2.34. The first kappa shape index (κ1) is 14.3. The number of benzene rings is 1. The molecule has 1 aliphatic rings. The fraction of sp³-hybridized carbons (Fsp3) is 0.533. The van der Waals surface area contributed by atoms with Crippen molar-refractivity contribution in [3.63, 3.8) is 0 Å². The van der Waals surface area contributed by atoms with Crippen LogP contribution in [0.4, 0.5) is 0 Å². The van der Waals surface area contributed by atoms with Crippen molar-refractivity contribution in [2.45, 2.75) is 43.0 Å². The zero-order valence-electron chi connectivity index (χ0n) is 11.4. The van der Waals surface area contributed by atoms with Gasteiger partial charge in [-0.3, -0.25) is 4.79 Å². The second-order valence-corrected chi connectivity index (χ2v) is 5.92. The zero-order valence-corrected chi connectivity index (χ0v) is 12.2. The Bertz CT molecular complexity index is 399. The van der Waals surface area contributed by atoms with Crippen molar-refractivity contribution < 1.29 is 9.53 Å². The predicted octanol–water partition coefficient (Wildman–Crippen LogP) is 3.24. The number of thioether (sulfide) groups is 1. The third-order valence-corrected chi connectivity index (χ3v) is 4.41. The van der Waals surface area contributed by atoms with Crippen molar-refractivity contribution in [1.29, 1.82) is 0 Å². The number of carbonyl (C=O) groups is 1. The Morgan fingerprint density at radius 1 is 1.26 bits per heavy atom. The van der Waals surface area contributed by atoms with Gasteiger partial charge in [0.2, 0.25) is 5.91 Å². The van der Waals surface area contributed by atoms with Gasteiger partial charge in [0.25, 0.3) is 0 Å². The average Bonchev–Trinajstić information content (AvgIpc) is 2.47. The van der Waals surface area contributed by atoms with Gasteiger partial charge in [0.05, 0.1) is 12.9 Å². The first-order valence-corrected chi connectivity index (χ1v) is 7.82. The Kier molecular flexibility index (Phi) is 5.58. The second kappa shape index (κ2) is 7.43. The lowest BCUT2D eigenvalue weighted by molar-refractivity contribution is -0.119. The van der Waals surface area contributed by atoms with E-state index in [1.807, 2.05) is 24.3 Å². The van der Waals surface area contributed by atoms with Gasteiger partial charge in [-0.15, -0.1) is 11.8 Å². The lowest BCUT2D eigenvalue weighted by Gasteiger charge is -2.22. The van der Waals surface area contributed by atoms with E-state index in [9.17, 15) is 4.79 Å². The molecule has 1 aromatic rings. The van der Waals surface area contributed by atoms with Gasteiger partial charge in [-0.05, 0) is 37.1 Å². The molecule has 0 atom stereocenters. The molecular formula is C15H21NO2S. The average molecular weight is 279 g/mol. The van der Waals surface area contributed by atoms with E-state index in [0.29, 0.717) is 11.8 Å². The van der Waals surface area contributed by atoms with Crippen LogP contribution in [0.25, 0.3) is 0 Å². The topological polar surface area (TPSA) is 38.3 Å². The molecule has 1 amide bonds. The summed E-state index contributed by atoms with van der Waals surface area (Å²) in [7, 11) is 1.65. The van der Waals surface area contributed by atoms with Crippen LogP contribution in [0.15, 0.2) is 29.2 Å². The highest BCUT2D eigenvalue weighted by atomic mass is 32.2. The molecule has 0 spiro atoms. The van der Waals surface area contributed by atoms with Crippen molar-refractivity contribution in [2.24, 2.45) is 0 Å². The van der Waals surface area contributed by atoms with Crippen molar-refractivity contribution in [3.8, 4) is 5.75 Å². The Morgan fingerprint density at radius 2 is 1.95 bits per heavy atom. The van der Waals surface area contributed by atoms with E-state index in [4.69, 9.17) is 4.74 Å². The highest BCUT2D eigenvalue weighted by Gasteiger charge is 2.15. The van der Waals surface area contributed by atoms with E-state index in [1.54, 1.807) is 18.9 Å². The summed E-state index contributed by atoms with van der Waals surface area (Å²) in [5.74, 6) is 1.48. The van der Waals surface area contributed by atoms with Gasteiger partial charge in [0.15, 0.2) is 0 Å². The van der Waals surface area contributed by atoms with Crippen LogP contribution in [0.3, 0.4) is 0 Å². The maximum atomic E-state index is 11.9. The molecule has 1 saturated carbocycles. The minimum atomic E-state index is 0.146. The first-order valence-electron chi connectivity index (χ1n) is 6.84. The van der Waals surface area contributed by atoms with Crippen LogP contribution in [-0.2, 0) is 4.79 Å². The highest BCUT2D eigenvalue weighted by Crippen LogP contribution is 2.22. The van der Waals surface area contributed by atoms with E-state index >= 15 is 0 Å². The standard InChI is InChI=1S/C15H21NO2S/c1-18-13-7-9-14(10-8-13)19-11-15(17)16-12-5-3-2-4-6-12/h7-10,12H,2-6,11H2,1H3,(H,16,17). The summed E-state index contributed by atoms with van der Waals surface area (Å²) in [4.78, 5) is 12.9. The lowest BCUT2D eigenvalue weighted by Crippen LogP contribution is -2.37. The molecule has 1 N–H and O–H groups in total. The Morgan fingerprint density at radius 3 is 2.58 bits per heavy atom. The van der Waals surface area contributed by atoms with E-state index in [1.165, 1.54) is 19.3 Å². The molecule has 0 bridgehead atoms. The Balaban J connectivity index is 1.72. The molecule has 1 aliphatic carbocycles. The highest BCUT2D eigenvalue weighted by molar-refractivity contribution is 8.00. The number of amides is 1. The molecule has 4 heteroatoms. The third-order valence-electron chi connectivity index (χ3n) is 3.40. The number of methoxy groups -OCH3 is 1. The van der Waals surface area contributed by atoms with E-state index in [0.717, 1.165) is 23.5 Å². The fourth-order valence-corrected chi connectivity index (χ4v) is 3.05. The number of carbonyl (C=O) groups excluding carboxylic acids is 1. The van der Waals surface area contributed by atoms with Gasteiger partial charge in [-0.1, -0.05) is 19.3 Å². The molecule has 0 saturated heterocycles. The van der Waals surface area contributed by atoms with Gasteiger partial charge >= 0.3 is 0 Å². The molecular weight excluding hydrogens is 258 g/mol. The molecule has 0 unspecified atom stereocenters. The van der Waals surface area contributed by atoms with Gasteiger partial charge in [0, 0.05) is 10.9 Å². The maximum Gasteiger partial charge on any atom is 0.230 e. The second-order valence-electron chi connectivity index (χ2n) is 4.87. The predicted molar refractivity (Wildman–Crippen MR) is 78.7 cm³/mol. The van der Waals surface area contributed by atoms with E-state index < -0.39 is 0 Å². The molecule has 0 heterocycles. The van der Waals surface area contributed by atoms with Gasteiger partial charge < -0.3 is 10.1 Å². The quantitative estimate of drug-likeness (QED) is 0.841. The van der Waals surface area contributed by atoms with Crippen LogP contribution in [0.2, 0.25) is 0 Å². The molecule has 0 aliphatic heterocycles. The number of hydrogen-bond acceptors (Lipinski definition) is 3. The number of hydrogen-bond donors (Lipinski definition) is 1. The SMILES string of the molecule is COc1ccc(SCC(=O)NC2CCCCC2)cc1. The summed E-state index contributed by atoms with van der Waals surface area (Å²) in [6.45, 7) is 0. The summed E-state index contributed by atoms with van der Waals surface area (Å²) < 4.78 is 5.11. The van der Waals surface area contributed by atoms with Crippen molar-refractivity contribution in [1.82, 2.24) is 5.32 Å². The van der Waals surface area contributed by atoms with Crippen molar-refractivity contribution in [3.05, 3.63) is 24.3 Å². The van der Waals surface area contributed by atoms with Crippen LogP contribution in [-0.4, -0.2) is 24.8 Å². The Hall–Kier alpha value is -1.16. The minimum Gasteiger partial charge on any atom is -0.497 e. The van der Waals surface area contributed by atoms with E-state index in [-0.39, 0.29) is 5.91 Å². The molecule has 1 fully saturated rings. The van der Waals surface area contributed by atoms with Crippen LogP contribution in [0.5, 0.6) is 5.75 Å². The molecule has 19 heavy (non-hydrogen) atoms. The lowest BCUT2D eigenvalue weighted by atomic mass is 9.95. The van der Waals surface area contributed by atoms with E-state index in [2.05, 4.69) is 5.32 Å². The molecule has 104 valence electrons. The molecule has 0 aromatic heterocycles. The number of ether oxygens (including phenoxy) is 1. The summed E-state index contributed by atoms with van der Waals surface area (Å²) >= 11 is 1.57. The summed E-state index contributed by atoms with van der Waals surface area (Å²) in [6.07, 6.45) is 6.08. The monoisotopic (exact) mass is 279 g/mol. The largest absolute Gasteiger partial charge is 0.497 e. The van der Waals surface area contributed by atoms with Crippen LogP contribution < -0.4 is 10.1 Å². The summed E-state index contributed by atoms with van der Waals surface area (Å²) in [5.41, 5.74) is 0. The molecule has 0 radical (unpaired) electrons. The van der Waals surface area contributed by atoms with Gasteiger partial charge in [-0.25, -0.2) is 0 Å². The number of rotatable bonds is 5. The smallest absolute Gasteiger partial charge is 0.230 e. The summed E-state index contributed by atoms with van der Waals surface area (Å²) in [6, 6.07) is 8.20. The van der Waals surface area contributed by atoms with Gasteiger partial charge in [-0.2, -0.15) is 0 Å². The summed E-state index contributed by atoms with van der Waals surface area (Å²) in [5, 5.41) is 3.13. The molecule has 1 aromatic carbocycles. The normalized spacial score (nSPS) is 16.1. The maximum absolute atomic E-state index is 11.9.